The highest BCUT2D eigenvalue weighted by Crippen LogP contribution is 2.33. The number of ether oxygens (including phenoxy) is 1. The highest BCUT2D eigenvalue weighted by atomic mass is 16.5. The third kappa shape index (κ3) is 2.65. The van der Waals surface area contributed by atoms with Gasteiger partial charge in [-0.05, 0) is 31.5 Å². The Kier molecular flexibility index (Phi) is 3.70. The molecule has 0 spiro atoms. The Morgan fingerprint density at radius 2 is 2.08 bits per heavy atom. The fraction of sp³-hybridized carbons (Fsp3) is 0.389. The lowest BCUT2D eigenvalue weighted by atomic mass is 9.85. The number of rotatable bonds is 3. The largest absolute Gasteiger partial charge is 0.378 e. The maximum absolute atomic E-state index is 9.67. The summed E-state index contributed by atoms with van der Waals surface area (Å²) in [5, 5.41) is 17.7. The maximum atomic E-state index is 9.67. The number of morpholine rings is 1. The Bertz CT molecular complexity index is 929. The van der Waals surface area contributed by atoms with Crippen LogP contribution in [-0.4, -0.2) is 46.1 Å². The summed E-state index contributed by atoms with van der Waals surface area (Å²) in [5.74, 6) is 1.73. The van der Waals surface area contributed by atoms with E-state index in [1.807, 2.05) is 42.8 Å². The second-order valence-electron chi connectivity index (χ2n) is 6.73. The van der Waals surface area contributed by atoms with Gasteiger partial charge in [-0.1, -0.05) is 0 Å². The van der Waals surface area contributed by atoms with Gasteiger partial charge in [0.05, 0.1) is 30.9 Å². The van der Waals surface area contributed by atoms with Gasteiger partial charge in [0, 0.05) is 30.7 Å². The Balaban J connectivity index is 1.94. The molecule has 3 aromatic rings. The van der Waals surface area contributed by atoms with E-state index in [0.29, 0.717) is 13.2 Å². The summed E-state index contributed by atoms with van der Waals surface area (Å²) in [5.41, 5.74) is 1.20. The van der Waals surface area contributed by atoms with Gasteiger partial charge in [0.25, 0.3) is 0 Å². The van der Waals surface area contributed by atoms with Gasteiger partial charge in [0.1, 0.15) is 17.3 Å². The molecule has 4 heterocycles. The van der Waals surface area contributed by atoms with Crippen LogP contribution in [0, 0.1) is 11.3 Å². The van der Waals surface area contributed by atoms with E-state index in [1.54, 1.807) is 6.20 Å². The zero-order valence-electron chi connectivity index (χ0n) is 14.4. The molecule has 0 unspecified atom stereocenters. The van der Waals surface area contributed by atoms with Crippen LogP contribution in [0.25, 0.3) is 16.9 Å². The van der Waals surface area contributed by atoms with Crippen molar-refractivity contribution in [2.24, 2.45) is 0 Å². The van der Waals surface area contributed by atoms with Crippen molar-refractivity contribution in [3.8, 4) is 11.9 Å². The molecular weight excluding hydrogens is 316 g/mol. The summed E-state index contributed by atoms with van der Waals surface area (Å²) in [4.78, 5) is 7.11. The van der Waals surface area contributed by atoms with Crippen molar-refractivity contribution in [1.29, 1.82) is 5.26 Å². The van der Waals surface area contributed by atoms with Gasteiger partial charge in [-0.25, -0.2) is 4.98 Å². The van der Waals surface area contributed by atoms with E-state index in [2.05, 4.69) is 21.2 Å². The normalized spacial score (nSPS) is 15.5. The molecule has 0 aromatic carbocycles. The van der Waals surface area contributed by atoms with Crippen molar-refractivity contribution in [2.45, 2.75) is 19.3 Å². The highest BCUT2D eigenvalue weighted by molar-refractivity contribution is 5.85. The molecule has 0 atom stereocenters. The fourth-order valence-corrected chi connectivity index (χ4v) is 3.20. The van der Waals surface area contributed by atoms with E-state index in [0.717, 1.165) is 41.3 Å². The first-order valence-electron chi connectivity index (χ1n) is 8.36. The number of hydrogen-bond acceptors (Lipinski definition) is 5. The van der Waals surface area contributed by atoms with E-state index in [9.17, 15) is 5.26 Å². The minimum Gasteiger partial charge on any atom is -0.378 e. The Hall–Kier alpha value is -2.85. The van der Waals surface area contributed by atoms with Crippen LogP contribution in [0.1, 0.15) is 19.4 Å². The average Bonchev–Trinajstić information content (AvgIpc) is 3.30. The lowest BCUT2D eigenvalue weighted by Crippen LogP contribution is -2.37. The number of fused-ring (bicyclic) bond motifs is 1. The Morgan fingerprint density at radius 3 is 2.76 bits per heavy atom. The molecule has 0 bridgehead atoms. The lowest BCUT2D eigenvalue weighted by molar-refractivity contribution is 0.122. The third-order valence-electron chi connectivity index (χ3n) is 4.68. The molecule has 3 aromatic heterocycles. The number of aromatic amines is 1. The molecule has 1 aliphatic heterocycles. The number of nitrogens with one attached hydrogen (secondary N) is 1. The van der Waals surface area contributed by atoms with Crippen LogP contribution in [0.4, 0.5) is 5.82 Å². The summed E-state index contributed by atoms with van der Waals surface area (Å²) < 4.78 is 7.43. The monoisotopic (exact) mass is 336 g/mol. The number of pyridine rings is 1. The zero-order valence-corrected chi connectivity index (χ0v) is 14.4. The molecule has 0 radical (unpaired) electrons. The van der Waals surface area contributed by atoms with Crippen LogP contribution in [0.5, 0.6) is 0 Å². The molecule has 1 N–H and O–H groups in total. The lowest BCUT2D eigenvalue weighted by Gasteiger charge is -2.29. The molecule has 25 heavy (non-hydrogen) atoms. The Labute approximate surface area is 145 Å². The molecule has 0 saturated carbocycles. The molecule has 7 nitrogen and oxygen atoms in total. The van der Waals surface area contributed by atoms with E-state index < -0.39 is 5.41 Å². The topological polar surface area (TPSA) is 82.8 Å². The maximum Gasteiger partial charge on any atom is 0.148 e. The van der Waals surface area contributed by atoms with E-state index in [-0.39, 0.29) is 0 Å². The smallest absolute Gasteiger partial charge is 0.148 e. The van der Waals surface area contributed by atoms with Crippen molar-refractivity contribution in [1.82, 2.24) is 19.7 Å². The quantitative estimate of drug-likeness (QED) is 0.794. The minimum absolute atomic E-state index is 0.609. The number of nitrogens with zero attached hydrogens (tertiary/aromatic N) is 5. The van der Waals surface area contributed by atoms with Crippen molar-refractivity contribution in [3.05, 3.63) is 36.2 Å². The van der Waals surface area contributed by atoms with Gasteiger partial charge >= 0.3 is 0 Å². The van der Waals surface area contributed by atoms with Crippen LogP contribution in [0.2, 0.25) is 0 Å². The third-order valence-corrected chi connectivity index (χ3v) is 4.68. The summed E-state index contributed by atoms with van der Waals surface area (Å²) in [6.45, 7) is 6.87. The second kappa shape index (κ2) is 5.90. The van der Waals surface area contributed by atoms with E-state index in [4.69, 9.17) is 9.72 Å². The standard InChI is InChI=1S/C18H20N6O/c1-18(2,12-19)14-11-16(23-7-9-25-10-8-23)21-17-13(14)4-6-24(17)15-3-5-20-22-15/h3-6,11H,7-10H2,1-2H3,(H,20,22). The van der Waals surface area contributed by atoms with E-state index >= 15 is 0 Å². The summed E-state index contributed by atoms with van der Waals surface area (Å²) in [7, 11) is 0. The van der Waals surface area contributed by atoms with Gasteiger partial charge in [-0.2, -0.15) is 10.4 Å². The van der Waals surface area contributed by atoms with Crippen molar-refractivity contribution in [3.63, 3.8) is 0 Å². The van der Waals surface area contributed by atoms with Crippen molar-refractivity contribution >= 4 is 16.9 Å². The number of aromatic nitrogens is 4. The van der Waals surface area contributed by atoms with Crippen molar-refractivity contribution in [2.75, 3.05) is 31.2 Å². The first kappa shape index (κ1) is 15.7. The number of H-pyrrole nitrogens is 1. The summed E-state index contributed by atoms with van der Waals surface area (Å²) >= 11 is 0. The van der Waals surface area contributed by atoms with Crippen molar-refractivity contribution < 1.29 is 4.74 Å². The van der Waals surface area contributed by atoms with Gasteiger partial charge in [0.15, 0.2) is 0 Å². The van der Waals surface area contributed by atoms with Crippen LogP contribution < -0.4 is 4.90 Å². The summed E-state index contributed by atoms with van der Waals surface area (Å²) in [6, 6.07) is 8.39. The molecule has 4 rings (SSSR count). The molecular formula is C18H20N6O. The van der Waals surface area contributed by atoms with Crippen LogP contribution >= 0.6 is 0 Å². The molecule has 128 valence electrons. The van der Waals surface area contributed by atoms with Gasteiger partial charge in [-0.3, -0.25) is 9.67 Å². The van der Waals surface area contributed by atoms with Crippen LogP contribution in [-0.2, 0) is 10.2 Å². The van der Waals surface area contributed by atoms with Gasteiger partial charge in [-0.15, -0.1) is 0 Å². The number of hydrogen-bond donors (Lipinski definition) is 1. The highest BCUT2D eigenvalue weighted by Gasteiger charge is 2.26. The van der Waals surface area contributed by atoms with Crippen LogP contribution in [0.3, 0.4) is 0 Å². The molecule has 0 aliphatic carbocycles. The zero-order chi connectivity index (χ0) is 17.4. The fourth-order valence-electron chi connectivity index (χ4n) is 3.20. The van der Waals surface area contributed by atoms with Crippen LogP contribution in [0.15, 0.2) is 30.6 Å². The first-order valence-corrected chi connectivity index (χ1v) is 8.36. The molecule has 1 saturated heterocycles. The first-order chi connectivity index (χ1) is 12.1. The molecule has 1 aliphatic rings. The average molecular weight is 336 g/mol. The Morgan fingerprint density at radius 1 is 1.28 bits per heavy atom. The number of nitriles is 1. The molecule has 0 amide bonds. The summed E-state index contributed by atoms with van der Waals surface area (Å²) in [6.07, 6.45) is 3.68. The molecule has 1 fully saturated rings. The van der Waals surface area contributed by atoms with Gasteiger partial charge in [0.2, 0.25) is 0 Å². The van der Waals surface area contributed by atoms with E-state index in [1.165, 1.54) is 0 Å². The van der Waals surface area contributed by atoms with Gasteiger partial charge < -0.3 is 9.64 Å². The minimum atomic E-state index is -0.609. The molecule has 7 heteroatoms. The second-order valence-corrected chi connectivity index (χ2v) is 6.73. The SMILES string of the molecule is CC(C)(C#N)c1cc(N2CCOCC2)nc2c1ccn2-c1ccn[nH]1. The number of anilines is 1. The predicted molar refractivity (Wildman–Crippen MR) is 94.9 cm³/mol. The predicted octanol–water partition coefficient (Wildman–Crippen LogP) is 2.39.